The molecule has 0 aromatic carbocycles. The quantitative estimate of drug-likeness (QED) is 0.519. The van der Waals surface area contributed by atoms with Crippen LogP contribution < -0.4 is 16.0 Å². The van der Waals surface area contributed by atoms with E-state index in [0.717, 1.165) is 0 Å². The molecule has 1 aromatic heterocycles. The number of hydrogen-bond acceptors (Lipinski definition) is 6. The second-order valence-corrected chi connectivity index (χ2v) is 6.17. The molecular weight excluding hydrogens is 256 g/mol. The van der Waals surface area contributed by atoms with Crippen LogP contribution in [-0.2, 0) is 14.8 Å². The molecule has 4 N–H and O–H groups in total. The third-order valence-corrected chi connectivity index (χ3v) is 4.42. The number of sulfonamides is 1. The fraction of sp³-hybridized carbons (Fsp3) is 0.500. The van der Waals surface area contributed by atoms with Gasteiger partial charge in [-0.2, -0.15) is 0 Å². The van der Waals surface area contributed by atoms with Crippen LogP contribution in [0.25, 0.3) is 0 Å². The first-order valence-electron chi connectivity index (χ1n) is 5.50. The van der Waals surface area contributed by atoms with Crippen molar-refractivity contribution in [1.82, 2.24) is 9.71 Å². The molecule has 18 heavy (non-hydrogen) atoms. The Labute approximate surface area is 106 Å². The highest BCUT2D eigenvalue weighted by atomic mass is 32.2. The van der Waals surface area contributed by atoms with Gasteiger partial charge >= 0.3 is 0 Å². The molecule has 2 rings (SSSR count). The Morgan fingerprint density at radius 2 is 2.28 bits per heavy atom. The van der Waals surface area contributed by atoms with E-state index in [1.54, 1.807) is 0 Å². The highest BCUT2D eigenvalue weighted by Crippen LogP contribution is 2.21. The number of aromatic nitrogens is 1. The van der Waals surface area contributed by atoms with Crippen LogP contribution in [0.15, 0.2) is 23.2 Å². The normalized spacial score (nSPS) is 24.1. The maximum absolute atomic E-state index is 12.1. The zero-order chi connectivity index (χ0) is 13.2. The number of nitrogen functional groups attached to an aromatic ring is 1. The molecule has 1 aliphatic rings. The molecule has 0 saturated carbocycles. The van der Waals surface area contributed by atoms with Crippen LogP contribution >= 0.6 is 0 Å². The lowest BCUT2D eigenvalue weighted by Crippen LogP contribution is -2.46. The summed E-state index contributed by atoms with van der Waals surface area (Å²) < 4.78 is 32.1. The summed E-state index contributed by atoms with van der Waals surface area (Å²) in [4.78, 5) is 3.98. The Balaban J connectivity index is 2.19. The predicted octanol–water partition coefficient (Wildman–Crippen LogP) is -0.175. The Morgan fingerprint density at radius 3 is 2.78 bits per heavy atom. The molecule has 0 amide bonds. The summed E-state index contributed by atoms with van der Waals surface area (Å²) in [5.41, 5.74) is 1.79. The van der Waals surface area contributed by atoms with Gasteiger partial charge in [0.25, 0.3) is 0 Å². The van der Waals surface area contributed by atoms with Gasteiger partial charge in [0.15, 0.2) is 0 Å². The van der Waals surface area contributed by atoms with Gasteiger partial charge in [0.05, 0.1) is 12.1 Å². The fourth-order valence-electron chi connectivity index (χ4n) is 1.76. The number of nitrogens with two attached hydrogens (primary N) is 1. The average Bonchev–Trinajstić information content (AvgIpc) is 2.75. The van der Waals surface area contributed by atoms with E-state index in [9.17, 15) is 8.42 Å². The van der Waals surface area contributed by atoms with Crippen molar-refractivity contribution in [3.05, 3.63) is 18.3 Å². The van der Waals surface area contributed by atoms with Gasteiger partial charge in [-0.25, -0.2) is 24.0 Å². The van der Waals surface area contributed by atoms with Crippen LogP contribution in [0.5, 0.6) is 0 Å². The molecule has 8 heteroatoms. The highest BCUT2D eigenvalue weighted by Gasteiger charge is 2.34. The van der Waals surface area contributed by atoms with Gasteiger partial charge in [0, 0.05) is 12.8 Å². The minimum atomic E-state index is -3.59. The third-order valence-electron chi connectivity index (χ3n) is 2.79. The first-order valence-corrected chi connectivity index (χ1v) is 6.98. The molecule has 0 spiro atoms. The molecule has 2 heterocycles. The molecular formula is C10H16N4O3S. The molecule has 7 nitrogen and oxygen atoms in total. The molecule has 1 aliphatic heterocycles. The SMILES string of the molecule is CC1(NS(=O)(=O)c2ccc(NN)nc2)CCOC1. The maximum Gasteiger partial charge on any atom is 0.242 e. The van der Waals surface area contributed by atoms with Crippen molar-refractivity contribution in [2.24, 2.45) is 5.84 Å². The van der Waals surface area contributed by atoms with Gasteiger partial charge in [0.1, 0.15) is 10.7 Å². The molecule has 1 fully saturated rings. The van der Waals surface area contributed by atoms with E-state index in [1.807, 2.05) is 6.92 Å². The van der Waals surface area contributed by atoms with Crippen molar-refractivity contribution in [3.63, 3.8) is 0 Å². The van der Waals surface area contributed by atoms with E-state index < -0.39 is 15.6 Å². The topological polar surface area (TPSA) is 106 Å². The third kappa shape index (κ3) is 2.78. The number of pyridine rings is 1. The summed E-state index contributed by atoms with van der Waals surface area (Å²) >= 11 is 0. The van der Waals surface area contributed by atoms with Crippen LogP contribution in [0.2, 0.25) is 0 Å². The lowest BCUT2D eigenvalue weighted by molar-refractivity contribution is 0.178. The van der Waals surface area contributed by atoms with Crippen LogP contribution in [0.4, 0.5) is 5.82 Å². The van der Waals surface area contributed by atoms with Gasteiger partial charge < -0.3 is 10.2 Å². The van der Waals surface area contributed by atoms with Gasteiger partial charge in [-0.05, 0) is 25.5 Å². The number of nitrogens with zero attached hydrogens (tertiary/aromatic N) is 1. The summed E-state index contributed by atoms with van der Waals surface area (Å²) in [6.45, 7) is 2.76. The first-order chi connectivity index (χ1) is 8.45. The number of ether oxygens (including phenoxy) is 1. The summed E-state index contributed by atoms with van der Waals surface area (Å²) in [6, 6.07) is 2.95. The highest BCUT2D eigenvalue weighted by molar-refractivity contribution is 7.89. The van der Waals surface area contributed by atoms with Crippen molar-refractivity contribution in [2.75, 3.05) is 18.6 Å². The van der Waals surface area contributed by atoms with E-state index in [1.165, 1.54) is 18.3 Å². The van der Waals surface area contributed by atoms with Gasteiger partial charge in [-0.3, -0.25) is 0 Å². The van der Waals surface area contributed by atoms with Gasteiger partial charge in [-0.15, -0.1) is 0 Å². The number of rotatable bonds is 4. The van der Waals surface area contributed by atoms with Crippen LogP contribution in [-0.4, -0.2) is 32.2 Å². The summed E-state index contributed by atoms with van der Waals surface area (Å²) in [5.74, 6) is 5.57. The second kappa shape index (κ2) is 4.81. The van der Waals surface area contributed by atoms with Crippen molar-refractivity contribution in [3.8, 4) is 0 Å². The summed E-state index contributed by atoms with van der Waals surface area (Å²) in [6.07, 6.45) is 1.92. The van der Waals surface area contributed by atoms with E-state index >= 15 is 0 Å². The van der Waals surface area contributed by atoms with Crippen LogP contribution in [0, 0.1) is 0 Å². The molecule has 1 saturated heterocycles. The number of nitrogens with one attached hydrogen (secondary N) is 2. The molecule has 0 radical (unpaired) electrons. The molecule has 0 bridgehead atoms. The van der Waals surface area contributed by atoms with E-state index in [0.29, 0.717) is 25.5 Å². The van der Waals surface area contributed by atoms with E-state index in [-0.39, 0.29) is 4.90 Å². The van der Waals surface area contributed by atoms with E-state index in [2.05, 4.69) is 15.1 Å². The van der Waals surface area contributed by atoms with Crippen LogP contribution in [0.3, 0.4) is 0 Å². The molecule has 1 unspecified atom stereocenters. The molecule has 1 aromatic rings. The van der Waals surface area contributed by atoms with Crippen molar-refractivity contribution in [2.45, 2.75) is 23.8 Å². The Morgan fingerprint density at radius 1 is 1.50 bits per heavy atom. The van der Waals surface area contributed by atoms with Crippen molar-refractivity contribution >= 4 is 15.8 Å². The lowest BCUT2D eigenvalue weighted by atomic mass is 10.0. The monoisotopic (exact) mass is 272 g/mol. The minimum absolute atomic E-state index is 0.106. The van der Waals surface area contributed by atoms with Crippen LogP contribution in [0.1, 0.15) is 13.3 Å². The maximum atomic E-state index is 12.1. The number of anilines is 1. The molecule has 0 aliphatic carbocycles. The summed E-state index contributed by atoms with van der Waals surface area (Å²) in [7, 11) is -3.59. The van der Waals surface area contributed by atoms with Gasteiger partial charge in [0.2, 0.25) is 10.0 Å². The smallest absolute Gasteiger partial charge is 0.242 e. The predicted molar refractivity (Wildman–Crippen MR) is 66.2 cm³/mol. The molecule has 100 valence electrons. The summed E-state index contributed by atoms with van der Waals surface area (Å²) in [5, 5.41) is 0. The van der Waals surface area contributed by atoms with Crippen molar-refractivity contribution < 1.29 is 13.2 Å². The zero-order valence-corrected chi connectivity index (χ0v) is 10.8. The minimum Gasteiger partial charge on any atom is -0.379 e. The Hall–Kier alpha value is -1.22. The average molecular weight is 272 g/mol. The number of hydrazine groups is 1. The van der Waals surface area contributed by atoms with E-state index in [4.69, 9.17) is 10.6 Å². The standard InChI is InChI=1S/C10H16N4O3S/c1-10(4-5-17-7-10)14-18(15,16)8-2-3-9(13-11)12-6-8/h2-3,6,14H,4-5,7,11H2,1H3,(H,12,13). The fourth-order valence-corrected chi connectivity index (χ4v) is 3.12. The molecule has 1 atom stereocenters. The first kappa shape index (κ1) is 13.2. The largest absolute Gasteiger partial charge is 0.379 e. The Kier molecular flexibility index (Phi) is 3.53. The zero-order valence-electron chi connectivity index (χ0n) is 10.0. The Bertz CT molecular complexity index is 508. The lowest BCUT2D eigenvalue weighted by Gasteiger charge is -2.23. The second-order valence-electron chi connectivity index (χ2n) is 4.49. The van der Waals surface area contributed by atoms with Crippen molar-refractivity contribution in [1.29, 1.82) is 0 Å². The number of hydrogen-bond donors (Lipinski definition) is 3. The van der Waals surface area contributed by atoms with Gasteiger partial charge in [-0.1, -0.05) is 0 Å².